The molecule has 0 radical (unpaired) electrons. The lowest BCUT2D eigenvalue weighted by Crippen LogP contribution is -2.26. The molecule has 0 saturated heterocycles. The molecular weight excluding hydrogens is 405 g/mol. The highest BCUT2D eigenvalue weighted by Gasteiger charge is 2.16. The number of nitriles is 1. The van der Waals surface area contributed by atoms with Crippen LogP contribution in [0.4, 0.5) is 10.2 Å². The van der Waals surface area contributed by atoms with Crippen LogP contribution in [0.2, 0.25) is 0 Å². The van der Waals surface area contributed by atoms with Crippen molar-refractivity contribution >= 4 is 22.5 Å². The van der Waals surface area contributed by atoms with Gasteiger partial charge in [-0.3, -0.25) is 4.79 Å². The molecule has 0 saturated carbocycles. The van der Waals surface area contributed by atoms with Crippen LogP contribution in [0.3, 0.4) is 0 Å². The van der Waals surface area contributed by atoms with Crippen molar-refractivity contribution in [1.82, 2.24) is 15.1 Å². The third kappa shape index (κ3) is 4.60. The zero-order valence-electron chi connectivity index (χ0n) is 17.4. The van der Waals surface area contributed by atoms with Gasteiger partial charge in [0.15, 0.2) is 0 Å². The number of fused-ring (bicyclic) bond motifs is 1. The summed E-state index contributed by atoms with van der Waals surface area (Å²) in [6.07, 6.45) is 1.40. The van der Waals surface area contributed by atoms with Crippen molar-refractivity contribution in [3.05, 3.63) is 89.4 Å². The maximum atomic E-state index is 13.2. The number of halogens is 1. The molecular formula is C25H22FN5O. The van der Waals surface area contributed by atoms with Crippen LogP contribution in [0.1, 0.15) is 23.2 Å². The molecule has 6 nitrogen and oxygen atoms in total. The highest BCUT2D eigenvalue weighted by molar-refractivity contribution is 5.85. The van der Waals surface area contributed by atoms with E-state index in [2.05, 4.69) is 16.5 Å². The maximum Gasteiger partial charge on any atom is 0.224 e. The van der Waals surface area contributed by atoms with E-state index in [1.165, 1.54) is 16.8 Å². The summed E-state index contributed by atoms with van der Waals surface area (Å²) in [4.78, 5) is 12.3. The Labute approximate surface area is 185 Å². The van der Waals surface area contributed by atoms with Gasteiger partial charge in [-0.05, 0) is 53.4 Å². The van der Waals surface area contributed by atoms with E-state index < -0.39 is 0 Å². The molecule has 160 valence electrons. The van der Waals surface area contributed by atoms with Gasteiger partial charge in [-0.1, -0.05) is 42.5 Å². The molecule has 3 N–H and O–H groups in total. The van der Waals surface area contributed by atoms with E-state index in [0.717, 1.165) is 16.3 Å². The Kier molecular flexibility index (Phi) is 6.13. The van der Waals surface area contributed by atoms with Crippen molar-refractivity contribution < 1.29 is 9.18 Å². The Balaban J connectivity index is 1.34. The number of carbonyl (C=O) groups excluding carboxylic acids is 1. The van der Waals surface area contributed by atoms with Gasteiger partial charge in [-0.15, -0.1) is 0 Å². The second-order valence-corrected chi connectivity index (χ2v) is 7.52. The van der Waals surface area contributed by atoms with Crippen molar-refractivity contribution in [2.45, 2.75) is 19.3 Å². The minimum atomic E-state index is -0.361. The van der Waals surface area contributed by atoms with Crippen LogP contribution in [0.15, 0.2) is 66.7 Å². The molecule has 3 aromatic carbocycles. The summed E-state index contributed by atoms with van der Waals surface area (Å²) in [6, 6.07) is 21.9. The minimum Gasteiger partial charge on any atom is -0.382 e. The number of nitrogen functional groups attached to an aromatic ring is 1. The fourth-order valence-corrected chi connectivity index (χ4v) is 3.63. The van der Waals surface area contributed by atoms with Crippen LogP contribution < -0.4 is 11.1 Å². The van der Waals surface area contributed by atoms with Gasteiger partial charge in [0.1, 0.15) is 23.3 Å². The second-order valence-electron chi connectivity index (χ2n) is 7.52. The number of aryl methyl sites for hydroxylation is 1. The largest absolute Gasteiger partial charge is 0.382 e. The van der Waals surface area contributed by atoms with Gasteiger partial charge in [0.05, 0.1) is 17.8 Å². The van der Waals surface area contributed by atoms with Gasteiger partial charge in [0.25, 0.3) is 0 Å². The molecule has 32 heavy (non-hydrogen) atoms. The Bertz CT molecular complexity index is 1300. The molecule has 4 aromatic rings. The minimum absolute atomic E-state index is 0.0582. The summed E-state index contributed by atoms with van der Waals surface area (Å²) in [6.45, 7) is 0.459. The first-order valence-corrected chi connectivity index (χ1v) is 10.3. The average molecular weight is 427 g/mol. The lowest BCUT2D eigenvalue weighted by atomic mass is 10.0. The summed E-state index contributed by atoms with van der Waals surface area (Å²) in [5.41, 5.74) is 8.47. The third-order valence-electron chi connectivity index (χ3n) is 5.27. The molecule has 1 aromatic heterocycles. The molecule has 0 atom stereocenters. The number of carbonyl (C=O) groups is 1. The van der Waals surface area contributed by atoms with Crippen LogP contribution in [0.5, 0.6) is 0 Å². The molecule has 1 heterocycles. The molecule has 7 heteroatoms. The van der Waals surface area contributed by atoms with Crippen LogP contribution in [0, 0.1) is 17.1 Å². The highest BCUT2D eigenvalue weighted by Crippen LogP contribution is 2.22. The van der Waals surface area contributed by atoms with Crippen molar-refractivity contribution in [2.75, 3.05) is 12.3 Å². The molecule has 4 rings (SSSR count). The molecule has 0 fully saturated rings. The van der Waals surface area contributed by atoms with E-state index >= 15 is 0 Å². The van der Waals surface area contributed by atoms with E-state index in [-0.39, 0.29) is 17.5 Å². The second kappa shape index (κ2) is 9.31. The monoisotopic (exact) mass is 427 g/mol. The standard InChI is InChI=1S/C25H22FN5O/c26-20-9-11-21(12-10-20)31-25(28)22(16-27)23(30-31)6-3-13-29-24(32)15-17-7-8-18-4-1-2-5-19(18)14-17/h1-2,4-5,7-12,14H,3,6,13,15,28H2,(H,29,32). The van der Waals surface area contributed by atoms with Crippen LogP contribution in [-0.4, -0.2) is 22.2 Å². The summed E-state index contributed by atoms with van der Waals surface area (Å²) in [5.74, 6) is -0.203. The molecule has 0 bridgehead atoms. The number of hydrogen-bond donors (Lipinski definition) is 2. The molecule has 0 aliphatic heterocycles. The van der Waals surface area contributed by atoms with Crippen molar-refractivity contribution in [2.24, 2.45) is 0 Å². The number of nitrogens with zero attached hydrogens (tertiary/aromatic N) is 3. The fraction of sp³-hybridized carbons (Fsp3) is 0.160. The number of nitrogens with two attached hydrogens (primary N) is 1. The summed E-state index contributed by atoms with van der Waals surface area (Å²) in [5, 5.41) is 19.1. The third-order valence-corrected chi connectivity index (χ3v) is 5.27. The number of anilines is 1. The molecule has 0 aliphatic carbocycles. The molecule has 1 amide bonds. The van der Waals surface area contributed by atoms with Crippen LogP contribution in [0.25, 0.3) is 16.5 Å². The van der Waals surface area contributed by atoms with Gasteiger partial charge in [0, 0.05) is 6.54 Å². The van der Waals surface area contributed by atoms with Gasteiger partial charge in [0.2, 0.25) is 5.91 Å². The predicted octanol–water partition coefficient (Wildman–Crippen LogP) is 3.91. The number of benzene rings is 3. The Morgan fingerprint density at radius 2 is 1.84 bits per heavy atom. The zero-order chi connectivity index (χ0) is 22.5. The fourth-order valence-electron chi connectivity index (χ4n) is 3.63. The normalized spacial score (nSPS) is 10.8. The van der Waals surface area contributed by atoms with E-state index in [9.17, 15) is 14.4 Å². The molecule has 0 spiro atoms. The number of hydrogen-bond acceptors (Lipinski definition) is 4. The van der Waals surface area contributed by atoms with Gasteiger partial charge < -0.3 is 11.1 Å². The van der Waals surface area contributed by atoms with Crippen molar-refractivity contribution in [3.63, 3.8) is 0 Å². The highest BCUT2D eigenvalue weighted by atomic mass is 19.1. The number of nitrogens with one attached hydrogen (secondary N) is 1. The number of aromatic nitrogens is 2. The van der Waals surface area contributed by atoms with E-state index in [0.29, 0.717) is 42.8 Å². The van der Waals surface area contributed by atoms with E-state index in [4.69, 9.17) is 5.73 Å². The van der Waals surface area contributed by atoms with Crippen molar-refractivity contribution in [3.8, 4) is 11.8 Å². The van der Waals surface area contributed by atoms with Gasteiger partial charge in [-0.25, -0.2) is 9.07 Å². The molecule has 0 aliphatic rings. The van der Waals surface area contributed by atoms with E-state index in [1.807, 2.05) is 42.5 Å². The zero-order valence-corrected chi connectivity index (χ0v) is 17.4. The quantitative estimate of drug-likeness (QED) is 0.437. The van der Waals surface area contributed by atoms with Crippen LogP contribution >= 0.6 is 0 Å². The maximum absolute atomic E-state index is 13.2. The lowest BCUT2D eigenvalue weighted by molar-refractivity contribution is -0.120. The smallest absolute Gasteiger partial charge is 0.224 e. The van der Waals surface area contributed by atoms with Gasteiger partial charge in [-0.2, -0.15) is 10.4 Å². The number of amides is 1. The van der Waals surface area contributed by atoms with Crippen molar-refractivity contribution in [1.29, 1.82) is 5.26 Å². The van der Waals surface area contributed by atoms with Crippen LogP contribution in [-0.2, 0) is 17.6 Å². The number of rotatable bonds is 7. The first-order valence-electron chi connectivity index (χ1n) is 10.3. The SMILES string of the molecule is N#Cc1c(CCCNC(=O)Cc2ccc3ccccc3c2)nn(-c2ccc(F)cc2)c1N. The summed E-state index contributed by atoms with van der Waals surface area (Å²) < 4.78 is 14.6. The first-order chi connectivity index (χ1) is 15.5. The molecule has 0 unspecified atom stereocenters. The summed E-state index contributed by atoms with van der Waals surface area (Å²) in [7, 11) is 0. The average Bonchev–Trinajstić information content (AvgIpc) is 3.12. The lowest BCUT2D eigenvalue weighted by Gasteiger charge is -2.06. The van der Waals surface area contributed by atoms with E-state index in [1.54, 1.807) is 12.1 Å². The summed E-state index contributed by atoms with van der Waals surface area (Å²) >= 11 is 0. The van der Waals surface area contributed by atoms with Gasteiger partial charge >= 0.3 is 0 Å². The topological polar surface area (TPSA) is 96.7 Å². The first kappa shape index (κ1) is 21.1. The Morgan fingerprint density at radius 1 is 1.09 bits per heavy atom. The Morgan fingerprint density at radius 3 is 2.59 bits per heavy atom. The predicted molar refractivity (Wildman–Crippen MR) is 122 cm³/mol. The Hall–Kier alpha value is -4.18.